The lowest BCUT2D eigenvalue weighted by atomic mass is 10.0. The van der Waals surface area contributed by atoms with Crippen molar-refractivity contribution in [2.45, 2.75) is 71.1 Å². The minimum Gasteiger partial charge on any atom is -0.491 e. The van der Waals surface area contributed by atoms with Crippen LogP contribution in [0, 0.1) is 0 Å². The Balaban J connectivity index is 1.87. The van der Waals surface area contributed by atoms with Crippen LogP contribution in [0.4, 0.5) is 0 Å². The summed E-state index contributed by atoms with van der Waals surface area (Å²) in [6.45, 7) is 5.03. The monoisotopic (exact) mass is 524 g/mol. The molecule has 0 saturated heterocycles. The molecule has 1 aromatic rings. The summed E-state index contributed by atoms with van der Waals surface area (Å²) in [7, 11) is 0. The molecular weight excluding hydrogens is 480 g/mol. The molecule has 0 atom stereocenters. The molecule has 9 nitrogen and oxygen atoms in total. The van der Waals surface area contributed by atoms with E-state index in [0.717, 1.165) is 12.2 Å². The third-order valence-electron chi connectivity index (χ3n) is 5.52. The highest BCUT2D eigenvalue weighted by molar-refractivity contribution is 6.32. The Morgan fingerprint density at radius 1 is 0.676 bits per heavy atom. The van der Waals surface area contributed by atoms with Crippen molar-refractivity contribution in [1.82, 2.24) is 0 Å². The number of esters is 1. The van der Waals surface area contributed by atoms with Crippen LogP contribution in [0.25, 0.3) is 0 Å². The lowest BCUT2D eigenvalue weighted by Gasteiger charge is -2.09. The first-order chi connectivity index (χ1) is 18.0. The number of unbranched alkanes of at least 4 members (excludes halogenated alkanes) is 6. The van der Waals surface area contributed by atoms with Crippen molar-refractivity contribution < 1.29 is 43.2 Å². The van der Waals surface area contributed by atoms with E-state index in [2.05, 4.69) is 19.1 Å². The first-order valence-electron chi connectivity index (χ1n) is 13.4. The van der Waals surface area contributed by atoms with Crippen LogP contribution < -0.4 is 4.74 Å². The predicted octanol–water partition coefficient (Wildman–Crippen LogP) is 4.39. The third-order valence-corrected chi connectivity index (χ3v) is 5.52. The highest BCUT2D eigenvalue weighted by Gasteiger charge is 2.14. The lowest BCUT2D eigenvalue weighted by Crippen LogP contribution is -2.17. The smallest absolute Gasteiger partial charge is 0.372 e. The van der Waals surface area contributed by atoms with Gasteiger partial charge in [-0.2, -0.15) is 0 Å². The molecule has 0 heterocycles. The zero-order valence-corrected chi connectivity index (χ0v) is 22.3. The highest BCUT2D eigenvalue weighted by atomic mass is 16.6. The fraction of sp³-hybridized carbons (Fsp3) is 0.679. The molecule has 1 rings (SSSR count). The van der Waals surface area contributed by atoms with Gasteiger partial charge in [0.25, 0.3) is 0 Å². The number of benzene rings is 1. The van der Waals surface area contributed by atoms with E-state index in [4.69, 9.17) is 28.8 Å². The molecule has 0 bridgehead atoms. The van der Waals surface area contributed by atoms with Gasteiger partial charge in [-0.15, -0.1) is 0 Å². The number of aliphatic carboxylic acids is 1. The maximum absolute atomic E-state index is 11.4. The Labute approximate surface area is 220 Å². The van der Waals surface area contributed by atoms with Crippen LogP contribution in [0.5, 0.6) is 5.75 Å². The number of carbonyl (C=O) groups is 3. The van der Waals surface area contributed by atoms with Crippen molar-refractivity contribution in [1.29, 1.82) is 0 Å². The van der Waals surface area contributed by atoms with Crippen molar-refractivity contribution in [2.24, 2.45) is 0 Å². The van der Waals surface area contributed by atoms with E-state index in [1.54, 1.807) is 0 Å². The zero-order chi connectivity index (χ0) is 27.0. The number of aryl methyl sites for hydroxylation is 1. The number of rotatable bonds is 25. The molecule has 0 radical (unpaired) electrons. The van der Waals surface area contributed by atoms with Crippen LogP contribution in [0.2, 0.25) is 0 Å². The highest BCUT2D eigenvalue weighted by Crippen LogP contribution is 2.15. The van der Waals surface area contributed by atoms with Crippen LogP contribution in [0.3, 0.4) is 0 Å². The summed E-state index contributed by atoms with van der Waals surface area (Å²) in [5.74, 6) is -2.35. The van der Waals surface area contributed by atoms with Gasteiger partial charge >= 0.3 is 11.9 Å². The van der Waals surface area contributed by atoms with Gasteiger partial charge < -0.3 is 28.8 Å². The second kappa shape index (κ2) is 22.7. The molecule has 0 aliphatic heterocycles. The molecule has 0 aliphatic carbocycles. The van der Waals surface area contributed by atoms with Gasteiger partial charge in [0.15, 0.2) is 0 Å². The Kier molecular flexibility index (Phi) is 20.0. The average Bonchev–Trinajstić information content (AvgIpc) is 2.90. The fourth-order valence-electron chi connectivity index (χ4n) is 3.41. The van der Waals surface area contributed by atoms with E-state index in [1.165, 1.54) is 50.5 Å². The molecule has 37 heavy (non-hydrogen) atoms. The molecule has 0 aliphatic rings. The van der Waals surface area contributed by atoms with Gasteiger partial charge in [0, 0.05) is 6.42 Å². The van der Waals surface area contributed by atoms with Crippen LogP contribution >= 0.6 is 0 Å². The minimum atomic E-state index is -1.55. The average molecular weight is 525 g/mol. The predicted molar refractivity (Wildman–Crippen MR) is 139 cm³/mol. The number of ketones is 1. The molecule has 0 unspecified atom stereocenters. The largest absolute Gasteiger partial charge is 0.491 e. The SMILES string of the molecule is CCCCCCCCCc1ccc(OCCOCCOCCOCCOC(=O)CCC(=O)C(=O)O)cc1. The number of carboxylic acids is 1. The van der Waals surface area contributed by atoms with Gasteiger partial charge in [-0.3, -0.25) is 9.59 Å². The third kappa shape index (κ3) is 19.3. The molecule has 0 spiro atoms. The van der Waals surface area contributed by atoms with Crippen molar-refractivity contribution in [3.63, 3.8) is 0 Å². The van der Waals surface area contributed by atoms with Crippen LogP contribution in [0.1, 0.15) is 70.3 Å². The summed E-state index contributed by atoms with van der Waals surface area (Å²) in [4.78, 5) is 32.6. The quantitative estimate of drug-likeness (QED) is 0.113. The molecule has 0 saturated carbocycles. The zero-order valence-electron chi connectivity index (χ0n) is 22.3. The van der Waals surface area contributed by atoms with Crippen molar-refractivity contribution >= 4 is 17.7 Å². The minimum absolute atomic E-state index is 0.0329. The molecule has 1 aromatic carbocycles. The molecular formula is C28H44O9. The Morgan fingerprint density at radius 3 is 1.81 bits per heavy atom. The number of hydrogen-bond acceptors (Lipinski definition) is 8. The van der Waals surface area contributed by atoms with Gasteiger partial charge in [0.1, 0.15) is 19.0 Å². The molecule has 210 valence electrons. The normalized spacial score (nSPS) is 10.8. The second-order valence-corrected chi connectivity index (χ2v) is 8.65. The maximum atomic E-state index is 11.4. The Bertz CT molecular complexity index is 734. The van der Waals surface area contributed by atoms with Crippen LogP contribution in [-0.2, 0) is 39.8 Å². The van der Waals surface area contributed by atoms with Gasteiger partial charge in [-0.05, 0) is 30.5 Å². The lowest BCUT2D eigenvalue weighted by molar-refractivity contribution is -0.151. The van der Waals surface area contributed by atoms with Crippen molar-refractivity contribution in [3.05, 3.63) is 29.8 Å². The van der Waals surface area contributed by atoms with Gasteiger partial charge in [-0.25, -0.2) is 4.79 Å². The topological polar surface area (TPSA) is 118 Å². The van der Waals surface area contributed by atoms with Crippen molar-refractivity contribution in [3.8, 4) is 5.75 Å². The van der Waals surface area contributed by atoms with E-state index in [9.17, 15) is 14.4 Å². The summed E-state index contributed by atoms with van der Waals surface area (Å²) < 4.78 is 26.7. The number of Topliss-reactive ketones (excluding diaryl/α,β-unsaturated/α-hetero) is 1. The molecule has 0 fully saturated rings. The Morgan fingerprint density at radius 2 is 1.22 bits per heavy atom. The summed E-state index contributed by atoms with van der Waals surface area (Å²) >= 11 is 0. The van der Waals surface area contributed by atoms with E-state index in [1.807, 2.05) is 12.1 Å². The van der Waals surface area contributed by atoms with E-state index in [-0.39, 0.29) is 26.1 Å². The molecule has 9 heteroatoms. The summed E-state index contributed by atoms with van der Waals surface area (Å²) in [5.41, 5.74) is 1.35. The van der Waals surface area contributed by atoms with Gasteiger partial charge in [0.05, 0.1) is 46.1 Å². The first-order valence-corrected chi connectivity index (χ1v) is 13.4. The first kappa shape index (κ1) is 32.5. The summed E-state index contributed by atoms with van der Waals surface area (Å²) in [6.07, 6.45) is 9.74. The molecule has 0 amide bonds. The number of carboxylic acid groups (broad SMARTS) is 1. The van der Waals surface area contributed by atoms with Crippen LogP contribution in [-0.4, -0.2) is 75.7 Å². The van der Waals surface area contributed by atoms with Crippen LogP contribution in [0.15, 0.2) is 24.3 Å². The number of ether oxygens (including phenoxy) is 5. The molecule has 1 N–H and O–H groups in total. The fourth-order valence-corrected chi connectivity index (χ4v) is 3.41. The van der Waals surface area contributed by atoms with Gasteiger partial charge in [0.2, 0.25) is 5.78 Å². The van der Waals surface area contributed by atoms with Gasteiger partial charge in [-0.1, -0.05) is 57.6 Å². The van der Waals surface area contributed by atoms with Crippen molar-refractivity contribution in [2.75, 3.05) is 52.9 Å². The molecule has 0 aromatic heterocycles. The summed E-state index contributed by atoms with van der Waals surface area (Å²) in [5, 5.41) is 8.43. The summed E-state index contributed by atoms with van der Waals surface area (Å²) in [6, 6.07) is 8.30. The number of hydrogen-bond donors (Lipinski definition) is 1. The number of carbonyl (C=O) groups excluding carboxylic acids is 2. The second-order valence-electron chi connectivity index (χ2n) is 8.65. The van der Waals surface area contributed by atoms with E-state index >= 15 is 0 Å². The maximum Gasteiger partial charge on any atom is 0.372 e. The Hall–Kier alpha value is -2.49. The van der Waals surface area contributed by atoms with E-state index < -0.39 is 17.7 Å². The van der Waals surface area contributed by atoms with E-state index in [0.29, 0.717) is 39.6 Å². The standard InChI is InChI=1S/C28H44O9/c1-2-3-4-5-6-7-8-9-24-10-12-25(13-11-24)36-22-20-34-18-16-33-17-19-35-21-23-37-27(30)15-14-26(29)28(31)32/h10-13H,2-9,14-23H2,1H3,(H,31,32).